The summed E-state index contributed by atoms with van der Waals surface area (Å²) in [4.78, 5) is 27.8. The first kappa shape index (κ1) is 25.8. The van der Waals surface area contributed by atoms with Crippen LogP contribution < -0.4 is 5.32 Å². The van der Waals surface area contributed by atoms with Gasteiger partial charge >= 0.3 is 6.18 Å². The van der Waals surface area contributed by atoms with Gasteiger partial charge in [-0.1, -0.05) is 30.3 Å². The summed E-state index contributed by atoms with van der Waals surface area (Å²) >= 11 is 0. The fourth-order valence-electron chi connectivity index (χ4n) is 4.08. The molecular weight excluding hydrogens is 489 g/mol. The Kier molecular flexibility index (Phi) is 7.25. The molecule has 0 saturated heterocycles. The molecule has 4 rings (SSSR count). The minimum Gasteiger partial charge on any atom is -0.396 e. The molecule has 1 amide bonds. The lowest BCUT2D eigenvalue weighted by Gasteiger charge is -2.18. The lowest BCUT2D eigenvalue weighted by atomic mass is 10.0. The second-order valence-electron chi connectivity index (χ2n) is 8.62. The maximum atomic E-state index is 13.0. The summed E-state index contributed by atoms with van der Waals surface area (Å²) in [6.45, 7) is 1.71. The van der Waals surface area contributed by atoms with Crippen LogP contribution in [0.5, 0.6) is 0 Å². The molecule has 4 aromatic rings. The van der Waals surface area contributed by atoms with Gasteiger partial charge in [-0.05, 0) is 49.1 Å². The Labute approximate surface area is 209 Å². The number of nitrogens with one attached hydrogen (secondary N) is 1. The molecule has 0 aliphatic heterocycles. The number of benzene rings is 2. The average Bonchev–Trinajstić information content (AvgIpc) is 3.29. The van der Waals surface area contributed by atoms with Crippen LogP contribution in [0.3, 0.4) is 0 Å². The molecule has 2 aromatic heterocycles. The molecule has 2 heterocycles. The summed E-state index contributed by atoms with van der Waals surface area (Å²) < 4.78 is 40.8. The van der Waals surface area contributed by atoms with Crippen LogP contribution in [-0.2, 0) is 12.6 Å². The molecule has 11 heteroatoms. The van der Waals surface area contributed by atoms with Crippen LogP contribution in [0.2, 0.25) is 0 Å². The van der Waals surface area contributed by atoms with Gasteiger partial charge < -0.3 is 14.8 Å². The number of nitro benzene ring substituents is 1. The minimum atomic E-state index is -4.78. The zero-order valence-electron chi connectivity index (χ0n) is 19.7. The number of imidazole rings is 1. The number of aliphatic hydroxyl groups is 1. The van der Waals surface area contributed by atoms with Crippen molar-refractivity contribution in [2.24, 2.45) is 0 Å². The summed E-state index contributed by atoms with van der Waals surface area (Å²) in [6.07, 6.45) is -0.508. The van der Waals surface area contributed by atoms with E-state index in [9.17, 15) is 33.2 Å². The lowest BCUT2D eigenvalue weighted by Crippen LogP contribution is -2.37. The van der Waals surface area contributed by atoms with Crippen LogP contribution >= 0.6 is 0 Å². The van der Waals surface area contributed by atoms with Crippen molar-refractivity contribution in [3.05, 3.63) is 99.4 Å². The molecule has 0 fully saturated rings. The van der Waals surface area contributed by atoms with Crippen LogP contribution in [0.25, 0.3) is 16.9 Å². The minimum absolute atomic E-state index is 0.146. The number of aliphatic hydroxyl groups excluding tert-OH is 1. The molecular formula is C26H23F3N4O4. The average molecular weight is 512 g/mol. The van der Waals surface area contributed by atoms with E-state index in [0.29, 0.717) is 18.6 Å². The van der Waals surface area contributed by atoms with Gasteiger partial charge in [0, 0.05) is 36.7 Å². The molecule has 2 N–H and O–H groups in total. The lowest BCUT2D eigenvalue weighted by molar-refractivity contribution is -0.385. The molecule has 0 saturated carbocycles. The summed E-state index contributed by atoms with van der Waals surface area (Å²) in [5, 5.41) is 23.4. The highest BCUT2D eigenvalue weighted by Crippen LogP contribution is 2.33. The molecule has 0 aliphatic carbocycles. The number of aromatic nitrogens is 2. The van der Waals surface area contributed by atoms with E-state index in [1.807, 2.05) is 60.1 Å². The van der Waals surface area contributed by atoms with Crippen LogP contribution in [0.15, 0.2) is 67.0 Å². The predicted molar refractivity (Wildman–Crippen MR) is 130 cm³/mol. The van der Waals surface area contributed by atoms with Gasteiger partial charge in [-0.3, -0.25) is 14.9 Å². The van der Waals surface area contributed by atoms with E-state index >= 15 is 0 Å². The Morgan fingerprint density at radius 2 is 1.92 bits per heavy atom. The summed E-state index contributed by atoms with van der Waals surface area (Å²) in [7, 11) is 0. The zero-order valence-corrected chi connectivity index (χ0v) is 19.7. The standard InChI is InChI=1S/C26H23F3N4O4/c1-16-3-2-11-32-15-22(31-24(16)32)18-6-4-17(5-7-18)13-20(10-12-34)30-25(35)21-9-8-19(26(27,28)29)14-23(21)33(36)37/h2-9,11,14-15,20,34H,10,12-13H2,1H3,(H,30,35). The van der Waals surface area contributed by atoms with Gasteiger partial charge in [0.25, 0.3) is 11.6 Å². The summed E-state index contributed by atoms with van der Waals surface area (Å²) in [5.74, 6) is -0.893. The Bertz CT molecular complexity index is 1450. The third kappa shape index (κ3) is 5.78. The molecule has 1 atom stereocenters. The van der Waals surface area contributed by atoms with E-state index in [1.54, 1.807) is 0 Å². The smallest absolute Gasteiger partial charge is 0.396 e. The molecule has 1 unspecified atom stereocenters. The highest BCUT2D eigenvalue weighted by Gasteiger charge is 2.34. The van der Waals surface area contributed by atoms with Crippen molar-refractivity contribution >= 4 is 17.2 Å². The van der Waals surface area contributed by atoms with Crippen LogP contribution in [0, 0.1) is 17.0 Å². The van der Waals surface area contributed by atoms with Gasteiger partial charge in [-0.2, -0.15) is 13.2 Å². The highest BCUT2D eigenvalue weighted by atomic mass is 19.4. The number of carbonyl (C=O) groups excluding carboxylic acids is 1. The third-order valence-electron chi connectivity index (χ3n) is 5.99. The molecule has 37 heavy (non-hydrogen) atoms. The zero-order chi connectivity index (χ0) is 26.7. The number of aryl methyl sites for hydroxylation is 1. The van der Waals surface area contributed by atoms with Gasteiger partial charge in [-0.15, -0.1) is 0 Å². The molecule has 192 valence electrons. The highest BCUT2D eigenvalue weighted by molar-refractivity contribution is 5.98. The Hall–Kier alpha value is -4.25. The quantitative estimate of drug-likeness (QED) is 0.256. The molecule has 0 aliphatic rings. The monoisotopic (exact) mass is 512 g/mol. The fourth-order valence-corrected chi connectivity index (χ4v) is 4.08. The first-order valence-electron chi connectivity index (χ1n) is 11.4. The molecule has 2 aromatic carbocycles. The number of fused-ring (bicyclic) bond motifs is 1. The van der Waals surface area contributed by atoms with Crippen LogP contribution in [0.4, 0.5) is 18.9 Å². The van der Waals surface area contributed by atoms with E-state index in [1.165, 1.54) is 0 Å². The topological polar surface area (TPSA) is 110 Å². The molecule has 8 nitrogen and oxygen atoms in total. The van der Waals surface area contributed by atoms with Gasteiger partial charge in [0.2, 0.25) is 0 Å². The van der Waals surface area contributed by atoms with E-state index in [4.69, 9.17) is 0 Å². The second kappa shape index (κ2) is 10.4. The van der Waals surface area contributed by atoms with Gasteiger partial charge in [0.05, 0.1) is 16.2 Å². The number of rotatable bonds is 8. The first-order valence-corrected chi connectivity index (χ1v) is 11.4. The van der Waals surface area contributed by atoms with E-state index < -0.39 is 39.9 Å². The molecule has 0 spiro atoms. The number of hydrogen-bond acceptors (Lipinski definition) is 5. The largest absolute Gasteiger partial charge is 0.416 e. The van der Waals surface area contributed by atoms with Crippen LogP contribution in [0.1, 0.15) is 33.5 Å². The van der Waals surface area contributed by atoms with Crippen LogP contribution in [-0.4, -0.2) is 38.0 Å². The van der Waals surface area contributed by atoms with Crippen molar-refractivity contribution in [1.29, 1.82) is 0 Å². The number of nitrogens with zero attached hydrogens (tertiary/aromatic N) is 3. The van der Waals surface area contributed by atoms with E-state index in [0.717, 1.165) is 34.1 Å². The number of hydrogen-bond donors (Lipinski definition) is 2. The SMILES string of the molecule is Cc1cccn2cc(-c3ccc(CC(CCO)NC(=O)c4ccc(C(F)(F)F)cc4[N+](=O)[O-])cc3)nc12. The first-order chi connectivity index (χ1) is 17.6. The van der Waals surface area contributed by atoms with Gasteiger partial charge in [0.1, 0.15) is 11.2 Å². The Morgan fingerprint density at radius 1 is 1.19 bits per heavy atom. The molecule has 0 bridgehead atoms. The number of amides is 1. The van der Waals surface area contributed by atoms with Gasteiger partial charge in [0.15, 0.2) is 0 Å². The van der Waals surface area contributed by atoms with Crippen molar-refractivity contribution in [3.8, 4) is 11.3 Å². The normalized spacial score (nSPS) is 12.5. The van der Waals surface area contributed by atoms with E-state index in [2.05, 4.69) is 10.3 Å². The molecule has 0 radical (unpaired) electrons. The van der Waals surface area contributed by atoms with Crippen molar-refractivity contribution in [3.63, 3.8) is 0 Å². The summed E-state index contributed by atoms with van der Waals surface area (Å²) in [5.41, 5.74) is 1.74. The van der Waals surface area contributed by atoms with Gasteiger partial charge in [-0.25, -0.2) is 4.98 Å². The number of carbonyl (C=O) groups is 1. The number of halogens is 3. The Balaban J connectivity index is 1.51. The van der Waals surface area contributed by atoms with E-state index in [-0.39, 0.29) is 13.0 Å². The Morgan fingerprint density at radius 3 is 2.54 bits per heavy atom. The second-order valence-corrected chi connectivity index (χ2v) is 8.62. The third-order valence-corrected chi connectivity index (χ3v) is 5.99. The summed E-state index contributed by atoms with van der Waals surface area (Å²) in [6, 6.07) is 12.5. The number of pyridine rings is 1. The number of alkyl halides is 3. The fraction of sp³-hybridized carbons (Fsp3) is 0.231. The van der Waals surface area contributed by atoms with Crippen molar-refractivity contribution in [2.75, 3.05) is 6.61 Å². The number of nitro groups is 1. The van der Waals surface area contributed by atoms with Crippen molar-refractivity contribution in [2.45, 2.75) is 32.0 Å². The van der Waals surface area contributed by atoms with Crippen molar-refractivity contribution < 1.29 is 28.0 Å². The van der Waals surface area contributed by atoms with Crippen molar-refractivity contribution in [1.82, 2.24) is 14.7 Å². The maximum absolute atomic E-state index is 13.0. The maximum Gasteiger partial charge on any atom is 0.416 e. The predicted octanol–water partition coefficient (Wildman–Crippen LogP) is 4.96.